The Hall–Kier alpha value is -1.74. The van der Waals surface area contributed by atoms with Gasteiger partial charge in [0.2, 0.25) is 0 Å². The van der Waals surface area contributed by atoms with Crippen molar-refractivity contribution < 1.29 is 72.1 Å². The number of Topliss-reactive ketones (excluding diaryl/α,β-unsaturated/α-hetero) is 3. The summed E-state index contributed by atoms with van der Waals surface area (Å²) < 4.78 is 4.87. The molecule has 260 valence electrons. The summed E-state index contributed by atoms with van der Waals surface area (Å²) in [4.78, 5) is 65.5. The third kappa shape index (κ3) is 20.2. The van der Waals surface area contributed by atoms with Gasteiger partial charge >= 0.3 is 54.3 Å². The van der Waals surface area contributed by atoms with Crippen molar-refractivity contribution in [2.24, 2.45) is 16.2 Å². The van der Waals surface area contributed by atoms with E-state index in [0.29, 0.717) is 57.8 Å². The summed E-state index contributed by atoms with van der Waals surface area (Å²) in [5.74, 6) is -4.40. The molecule has 0 fully saturated rings. The van der Waals surface area contributed by atoms with Crippen LogP contribution in [0.5, 0.6) is 0 Å². The summed E-state index contributed by atoms with van der Waals surface area (Å²) in [5.41, 5.74) is -1.33. The second-order valence-corrected chi connectivity index (χ2v) is 11.9. The molecule has 0 amide bonds. The van der Waals surface area contributed by atoms with Crippen LogP contribution in [0.4, 0.5) is 0 Å². The van der Waals surface area contributed by atoms with E-state index >= 15 is 0 Å². The van der Waals surface area contributed by atoms with E-state index in [4.69, 9.17) is 2.81 Å². The topological polar surface area (TPSA) is 181 Å². The molecule has 0 aliphatic carbocycles. The van der Waals surface area contributed by atoms with Crippen LogP contribution in [0.2, 0.25) is 0 Å². The molecule has 0 aromatic heterocycles. The van der Waals surface area contributed by atoms with Crippen molar-refractivity contribution in [3.8, 4) is 0 Å². The average Bonchev–Trinajstić information content (AvgIpc) is 2.99. The molecule has 0 saturated heterocycles. The number of carbonyl (C=O) groups excluding carboxylic acids is 6. The number of rotatable bonds is 21. The molecule has 0 atom stereocenters. The zero-order valence-corrected chi connectivity index (χ0v) is 32.1. The Morgan fingerprint density at radius 1 is 0.467 bits per heavy atom. The zero-order valence-electron chi connectivity index (χ0n) is 29.7. The van der Waals surface area contributed by atoms with Gasteiger partial charge in [-0.15, -0.1) is 0 Å². The zero-order chi connectivity index (χ0) is 36.3. The molecule has 0 aliphatic heterocycles. The summed E-state index contributed by atoms with van der Waals surface area (Å²) in [5, 5.41) is 30.8. The van der Waals surface area contributed by atoms with Gasteiger partial charge in [-0.1, -0.05) is 62.3 Å². The van der Waals surface area contributed by atoms with E-state index in [9.17, 15) is 44.1 Å². The Bertz CT molecular complexity index is 724. The van der Waals surface area contributed by atoms with Crippen LogP contribution in [0.1, 0.15) is 159 Å². The minimum atomic E-state index is -1.27. The second kappa shape index (κ2) is 28.5. The average molecular weight is 720 g/mol. The Kier molecular flexibility index (Phi) is 31.7. The number of hydrogen-bond acceptors (Lipinski definition) is 10. The standard InChI is InChI=1S/3C10H18O3.C4H9O.Zr/c3*1-4-10(5-2,6-3)8(11)7-9(12)13;1-2-3-4-5;/h3*4-7H2,1-3H3,(H,12,13);2-4H2,1H3;/q;;;-1;+4/p-3. The first kappa shape index (κ1) is 50.1. The molecular formula is C34H60O10Zr. The molecule has 0 radical (unpaired) electrons. The Morgan fingerprint density at radius 2 is 0.667 bits per heavy atom. The van der Waals surface area contributed by atoms with Gasteiger partial charge in [-0.25, -0.2) is 0 Å². The quantitative estimate of drug-likeness (QED) is 0.124. The van der Waals surface area contributed by atoms with Gasteiger partial charge in [-0.05, 0) is 57.8 Å². The number of carboxylic acid groups (broad SMARTS) is 3. The van der Waals surface area contributed by atoms with Crippen LogP contribution in [0.25, 0.3) is 0 Å². The molecular weight excluding hydrogens is 660 g/mol. The van der Waals surface area contributed by atoms with E-state index in [1.165, 1.54) is 38.0 Å². The van der Waals surface area contributed by atoms with E-state index in [2.05, 4.69) is 6.92 Å². The van der Waals surface area contributed by atoms with Crippen LogP contribution >= 0.6 is 0 Å². The maximum absolute atomic E-state index is 11.5. The van der Waals surface area contributed by atoms with E-state index in [1.807, 2.05) is 62.3 Å². The van der Waals surface area contributed by atoms with Crippen molar-refractivity contribution in [1.29, 1.82) is 0 Å². The first-order valence-corrected chi connectivity index (χ1v) is 17.5. The molecule has 0 spiro atoms. The van der Waals surface area contributed by atoms with E-state index in [0.717, 1.165) is 6.61 Å². The van der Waals surface area contributed by atoms with Crippen LogP contribution in [-0.2, 0) is 56.7 Å². The molecule has 11 heteroatoms. The normalized spacial score (nSPS) is 11.0. The molecule has 0 aromatic carbocycles. The molecule has 0 bridgehead atoms. The SMILES string of the molecule is CCC(CC)(CC)C(=O)CC(=O)[O-].CCC(CC)(CC)C(=O)CC(=O)[O-].CCC(CC)(CC)C(=O)CC(=O)[O-].CCCC[O][Zr+3]. The van der Waals surface area contributed by atoms with E-state index in [-0.39, 0.29) is 17.3 Å². The van der Waals surface area contributed by atoms with Gasteiger partial charge < -0.3 is 29.7 Å². The molecule has 0 aromatic rings. The Balaban J connectivity index is -0.000000257. The third-order valence-electron chi connectivity index (χ3n) is 9.38. The number of carbonyl (C=O) groups is 6. The maximum atomic E-state index is 11.5. The van der Waals surface area contributed by atoms with E-state index in [1.54, 1.807) is 0 Å². The predicted molar refractivity (Wildman–Crippen MR) is 165 cm³/mol. The molecule has 0 unspecified atom stereocenters. The molecule has 10 nitrogen and oxygen atoms in total. The monoisotopic (exact) mass is 718 g/mol. The minimum absolute atomic E-state index is 0.194. The summed E-state index contributed by atoms with van der Waals surface area (Å²) in [6.45, 7) is 20.4. The van der Waals surface area contributed by atoms with Crippen LogP contribution < -0.4 is 15.3 Å². The van der Waals surface area contributed by atoms with Crippen molar-refractivity contribution in [3.63, 3.8) is 0 Å². The first-order valence-electron chi connectivity index (χ1n) is 16.5. The fourth-order valence-corrected chi connectivity index (χ4v) is 5.55. The van der Waals surface area contributed by atoms with Crippen molar-refractivity contribution in [2.45, 2.75) is 159 Å². The number of ketones is 3. The number of unbranched alkanes of at least 4 members (excludes halogenated alkanes) is 1. The summed E-state index contributed by atoms with van der Waals surface area (Å²) in [7, 11) is 0. The van der Waals surface area contributed by atoms with Gasteiger partial charge in [0.15, 0.2) is 0 Å². The van der Waals surface area contributed by atoms with E-state index < -0.39 is 53.4 Å². The first-order chi connectivity index (χ1) is 21.0. The van der Waals surface area contributed by atoms with Crippen molar-refractivity contribution in [1.82, 2.24) is 0 Å². The number of hydrogen-bond donors (Lipinski definition) is 0. The summed E-state index contributed by atoms with van der Waals surface area (Å²) in [6, 6.07) is 0. The van der Waals surface area contributed by atoms with Crippen LogP contribution in [0, 0.1) is 16.2 Å². The fraction of sp³-hybridized carbons (Fsp3) is 0.824. The summed E-state index contributed by atoms with van der Waals surface area (Å²) in [6.07, 6.45) is 7.42. The molecule has 0 aliphatic rings. The Morgan fingerprint density at radius 3 is 0.756 bits per heavy atom. The van der Waals surface area contributed by atoms with Crippen LogP contribution in [0.15, 0.2) is 0 Å². The van der Waals surface area contributed by atoms with Gasteiger partial charge in [0.1, 0.15) is 17.3 Å². The van der Waals surface area contributed by atoms with Crippen molar-refractivity contribution in [2.75, 3.05) is 6.61 Å². The van der Waals surface area contributed by atoms with Gasteiger partial charge in [0.25, 0.3) is 0 Å². The van der Waals surface area contributed by atoms with Crippen LogP contribution in [0.3, 0.4) is 0 Å². The molecule has 0 heterocycles. The van der Waals surface area contributed by atoms with Gasteiger partial charge in [0.05, 0.1) is 0 Å². The third-order valence-corrected chi connectivity index (χ3v) is 9.88. The van der Waals surface area contributed by atoms with Crippen molar-refractivity contribution >= 4 is 35.3 Å². The van der Waals surface area contributed by atoms with Crippen molar-refractivity contribution in [3.05, 3.63) is 0 Å². The second-order valence-electron chi connectivity index (χ2n) is 11.1. The number of carboxylic acids is 3. The Labute approximate surface area is 288 Å². The number of aliphatic carboxylic acids is 3. The van der Waals surface area contributed by atoms with Gasteiger partial charge in [-0.2, -0.15) is 0 Å². The predicted octanol–water partition coefficient (Wildman–Crippen LogP) is 4.00. The molecule has 0 rings (SSSR count). The molecule has 0 saturated carbocycles. The van der Waals surface area contributed by atoms with Crippen LogP contribution in [-0.4, -0.2) is 41.9 Å². The molecule has 0 N–H and O–H groups in total. The van der Waals surface area contributed by atoms with Gasteiger partial charge in [0, 0.05) is 53.4 Å². The molecule has 45 heavy (non-hydrogen) atoms. The van der Waals surface area contributed by atoms with Gasteiger partial charge in [-0.3, -0.25) is 14.4 Å². The summed E-state index contributed by atoms with van der Waals surface area (Å²) >= 11 is 1.19. The fourth-order valence-electron chi connectivity index (χ4n) is 5.20.